The second kappa shape index (κ2) is 1.55. The molecule has 0 radical (unpaired) electrons. The van der Waals surface area contributed by atoms with Crippen molar-refractivity contribution in [3.05, 3.63) is 0 Å². The molecule has 1 heterocycles. The van der Waals surface area contributed by atoms with Crippen LogP contribution in [0.4, 0.5) is 0 Å². The first kappa shape index (κ1) is 6.20. The quantitative estimate of drug-likeness (QED) is 0.475. The summed E-state index contributed by atoms with van der Waals surface area (Å²) >= 11 is 0. The zero-order valence-corrected chi connectivity index (χ0v) is 6.39. The van der Waals surface area contributed by atoms with Crippen LogP contribution in [0.25, 0.3) is 0 Å². The Morgan fingerprint density at radius 1 is 1.50 bits per heavy atom. The summed E-state index contributed by atoms with van der Waals surface area (Å²) in [4.78, 5) is 10.8. The lowest BCUT2D eigenvalue weighted by molar-refractivity contribution is -0.179. The van der Waals surface area contributed by atoms with Gasteiger partial charge in [-0.3, -0.25) is 4.79 Å². The molecule has 2 aliphatic rings. The molecule has 0 aromatic rings. The van der Waals surface area contributed by atoms with E-state index < -0.39 is 0 Å². The van der Waals surface area contributed by atoms with Crippen molar-refractivity contribution in [3.8, 4) is 0 Å². The minimum atomic E-state index is 0.0237. The molecule has 1 saturated carbocycles. The minimum absolute atomic E-state index is 0.0237. The Morgan fingerprint density at radius 2 is 2.20 bits per heavy atom. The Bertz CT molecular complexity index is 184. The molecule has 10 heavy (non-hydrogen) atoms. The summed E-state index contributed by atoms with van der Waals surface area (Å²) in [6.07, 6.45) is 2.35. The fourth-order valence-electron chi connectivity index (χ4n) is 2.02. The van der Waals surface area contributed by atoms with Gasteiger partial charge >= 0.3 is 5.97 Å². The number of fused-ring (bicyclic) bond motifs is 1. The number of carbonyl (C=O) groups excluding carboxylic acids is 1. The molecule has 2 atom stereocenters. The van der Waals surface area contributed by atoms with Crippen molar-refractivity contribution in [1.29, 1.82) is 0 Å². The van der Waals surface area contributed by atoms with Crippen molar-refractivity contribution in [2.75, 3.05) is 0 Å². The van der Waals surface area contributed by atoms with Crippen LogP contribution in [0.2, 0.25) is 0 Å². The summed E-state index contributed by atoms with van der Waals surface area (Å²) in [6.45, 7) is 4.39. The van der Waals surface area contributed by atoms with E-state index >= 15 is 0 Å². The second-order valence-electron chi connectivity index (χ2n) is 4.15. The van der Waals surface area contributed by atoms with E-state index in [0.29, 0.717) is 5.41 Å². The molecule has 1 aliphatic carbocycles. The summed E-state index contributed by atoms with van der Waals surface area (Å²) in [7, 11) is 0. The van der Waals surface area contributed by atoms with Crippen LogP contribution in [0.5, 0.6) is 0 Å². The summed E-state index contributed by atoms with van der Waals surface area (Å²) in [5.74, 6) is 0.269. The zero-order valence-electron chi connectivity index (χ0n) is 6.39. The average Bonchev–Trinajstić information content (AvgIpc) is 2.04. The number of ether oxygens (including phenoxy) is 1. The van der Waals surface area contributed by atoms with E-state index in [9.17, 15) is 4.79 Å². The fraction of sp³-hybridized carbons (Fsp3) is 0.875. The van der Waals surface area contributed by atoms with Crippen molar-refractivity contribution in [2.24, 2.45) is 11.3 Å². The SMILES string of the molecule is CC1(C)CC2OC(=O)C2C1. The maximum Gasteiger partial charge on any atom is 0.313 e. The number of carbonyl (C=O) groups is 1. The molecule has 0 N–H and O–H groups in total. The van der Waals surface area contributed by atoms with E-state index in [-0.39, 0.29) is 18.0 Å². The molecule has 0 spiro atoms. The zero-order chi connectivity index (χ0) is 7.35. The number of rotatable bonds is 0. The van der Waals surface area contributed by atoms with Gasteiger partial charge in [-0.25, -0.2) is 0 Å². The van der Waals surface area contributed by atoms with Crippen LogP contribution < -0.4 is 0 Å². The van der Waals surface area contributed by atoms with Crippen LogP contribution in [0.1, 0.15) is 26.7 Å². The van der Waals surface area contributed by atoms with Crippen molar-refractivity contribution in [2.45, 2.75) is 32.8 Å². The first-order valence-corrected chi connectivity index (χ1v) is 3.79. The van der Waals surface area contributed by atoms with E-state index in [4.69, 9.17) is 4.74 Å². The lowest BCUT2D eigenvalue weighted by Gasteiger charge is -2.28. The highest BCUT2D eigenvalue weighted by molar-refractivity contribution is 5.79. The standard InChI is InChI=1S/C8H12O2/c1-8(2)3-5-6(4-8)10-7(5)9/h5-6H,3-4H2,1-2H3. The predicted octanol–water partition coefficient (Wildman–Crippen LogP) is 1.35. The largest absolute Gasteiger partial charge is 0.461 e. The van der Waals surface area contributed by atoms with Crippen LogP contribution in [-0.2, 0) is 9.53 Å². The van der Waals surface area contributed by atoms with E-state index in [1.54, 1.807) is 0 Å². The van der Waals surface area contributed by atoms with Gasteiger partial charge in [0.25, 0.3) is 0 Å². The third-order valence-corrected chi connectivity index (χ3v) is 2.55. The van der Waals surface area contributed by atoms with Gasteiger partial charge in [0, 0.05) is 0 Å². The lowest BCUT2D eigenvalue weighted by Crippen LogP contribution is -2.40. The molecule has 0 aromatic carbocycles. The molecule has 2 fully saturated rings. The van der Waals surface area contributed by atoms with E-state index in [1.165, 1.54) is 0 Å². The molecular formula is C8H12O2. The molecule has 2 unspecified atom stereocenters. The van der Waals surface area contributed by atoms with Gasteiger partial charge in [-0.05, 0) is 18.3 Å². The van der Waals surface area contributed by atoms with E-state index in [0.717, 1.165) is 12.8 Å². The summed E-state index contributed by atoms with van der Waals surface area (Å²) < 4.78 is 4.96. The van der Waals surface area contributed by atoms with Crippen molar-refractivity contribution < 1.29 is 9.53 Å². The topological polar surface area (TPSA) is 26.3 Å². The highest BCUT2D eigenvalue weighted by atomic mass is 16.6. The third kappa shape index (κ3) is 0.678. The number of hydrogen-bond donors (Lipinski definition) is 0. The van der Waals surface area contributed by atoms with E-state index in [1.807, 2.05) is 0 Å². The van der Waals surface area contributed by atoms with Gasteiger partial charge in [-0.1, -0.05) is 13.8 Å². The van der Waals surface area contributed by atoms with Crippen LogP contribution in [0.15, 0.2) is 0 Å². The molecule has 56 valence electrons. The van der Waals surface area contributed by atoms with Gasteiger partial charge in [0.05, 0.1) is 5.92 Å². The molecule has 1 aliphatic heterocycles. The summed E-state index contributed by atoms with van der Waals surface area (Å²) in [6, 6.07) is 0. The number of esters is 1. The molecule has 0 aromatic heterocycles. The average molecular weight is 140 g/mol. The van der Waals surface area contributed by atoms with E-state index in [2.05, 4.69) is 13.8 Å². The summed E-state index contributed by atoms with van der Waals surface area (Å²) in [5.41, 5.74) is 0.335. The van der Waals surface area contributed by atoms with Crippen LogP contribution in [0.3, 0.4) is 0 Å². The third-order valence-electron chi connectivity index (χ3n) is 2.55. The Hall–Kier alpha value is -0.530. The van der Waals surface area contributed by atoms with Crippen LogP contribution in [0, 0.1) is 11.3 Å². The smallest absolute Gasteiger partial charge is 0.313 e. The molecule has 1 saturated heterocycles. The molecule has 2 rings (SSSR count). The van der Waals surface area contributed by atoms with Crippen molar-refractivity contribution in [3.63, 3.8) is 0 Å². The van der Waals surface area contributed by atoms with Crippen molar-refractivity contribution >= 4 is 5.97 Å². The van der Waals surface area contributed by atoms with Gasteiger partial charge in [0.1, 0.15) is 6.10 Å². The highest BCUT2D eigenvalue weighted by Gasteiger charge is 2.52. The molecule has 2 heteroatoms. The second-order valence-corrected chi connectivity index (χ2v) is 4.15. The predicted molar refractivity (Wildman–Crippen MR) is 36.4 cm³/mol. The van der Waals surface area contributed by atoms with Gasteiger partial charge in [-0.15, -0.1) is 0 Å². The Morgan fingerprint density at radius 3 is 2.60 bits per heavy atom. The molecule has 2 nitrogen and oxygen atoms in total. The monoisotopic (exact) mass is 140 g/mol. The van der Waals surface area contributed by atoms with Gasteiger partial charge < -0.3 is 4.74 Å². The number of hydrogen-bond acceptors (Lipinski definition) is 2. The summed E-state index contributed by atoms with van der Waals surface area (Å²) in [5, 5.41) is 0. The first-order chi connectivity index (χ1) is 4.58. The Kier molecular flexibility index (Phi) is 0.960. The maximum atomic E-state index is 10.8. The lowest BCUT2D eigenvalue weighted by atomic mass is 9.91. The molecule has 0 amide bonds. The van der Waals surface area contributed by atoms with Crippen LogP contribution in [-0.4, -0.2) is 12.1 Å². The Labute approximate surface area is 60.6 Å². The van der Waals surface area contributed by atoms with Gasteiger partial charge in [0.2, 0.25) is 0 Å². The molecular weight excluding hydrogens is 128 g/mol. The first-order valence-electron chi connectivity index (χ1n) is 3.79. The fourth-order valence-corrected chi connectivity index (χ4v) is 2.02. The van der Waals surface area contributed by atoms with Gasteiger partial charge in [0.15, 0.2) is 0 Å². The minimum Gasteiger partial charge on any atom is -0.461 e. The van der Waals surface area contributed by atoms with Gasteiger partial charge in [-0.2, -0.15) is 0 Å². The normalized spacial score (nSPS) is 42.0. The maximum absolute atomic E-state index is 10.8. The van der Waals surface area contributed by atoms with Crippen LogP contribution >= 0.6 is 0 Å². The Balaban J connectivity index is 2.12. The highest BCUT2D eigenvalue weighted by Crippen LogP contribution is 2.48. The van der Waals surface area contributed by atoms with Crippen molar-refractivity contribution in [1.82, 2.24) is 0 Å². The molecule has 0 bridgehead atoms.